The van der Waals surface area contributed by atoms with E-state index < -0.39 is 4.92 Å². The molecule has 1 aliphatic heterocycles. The minimum atomic E-state index is -0.407. The number of nitrogens with zero attached hydrogens (tertiary/aromatic N) is 4. The molecule has 1 fully saturated rings. The first-order valence-electron chi connectivity index (χ1n) is 9.07. The molecule has 1 aliphatic rings. The number of carbonyl (C=O) groups excluding carboxylic acids is 1. The van der Waals surface area contributed by atoms with Crippen molar-refractivity contribution in [1.82, 2.24) is 9.80 Å². The van der Waals surface area contributed by atoms with E-state index in [9.17, 15) is 14.9 Å². The van der Waals surface area contributed by atoms with Crippen molar-refractivity contribution in [2.24, 2.45) is 0 Å². The van der Waals surface area contributed by atoms with E-state index in [-0.39, 0.29) is 17.6 Å². The van der Waals surface area contributed by atoms with Crippen molar-refractivity contribution in [3.8, 4) is 0 Å². The number of benzene rings is 2. The molecule has 0 radical (unpaired) electrons. The van der Waals surface area contributed by atoms with Crippen molar-refractivity contribution in [1.29, 1.82) is 0 Å². The molecule has 0 unspecified atom stereocenters. The average Bonchev–Trinajstić information content (AvgIpc) is 2.69. The fourth-order valence-electron chi connectivity index (χ4n) is 3.52. The third-order valence-electron chi connectivity index (χ3n) is 4.94. The monoisotopic (exact) mass is 402 g/mol. The van der Waals surface area contributed by atoms with E-state index in [1.807, 2.05) is 35.2 Å². The highest BCUT2D eigenvalue weighted by atomic mass is 35.5. The predicted octanol–water partition coefficient (Wildman–Crippen LogP) is 3.20. The Hall–Kier alpha value is -2.64. The summed E-state index contributed by atoms with van der Waals surface area (Å²) in [6.45, 7) is 2.43. The maximum atomic E-state index is 12.8. The molecule has 7 nitrogen and oxygen atoms in total. The zero-order valence-corrected chi connectivity index (χ0v) is 16.7. The predicted molar refractivity (Wildman–Crippen MR) is 110 cm³/mol. The van der Waals surface area contributed by atoms with Crippen molar-refractivity contribution < 1.29 is 9.72 Å². The van der Waals surface area contributed by atoms with Gasteiger partial charge in [-0.05, 0) is 17.7 Å². The molecule has 0 saturated carbocycles. The Morgan fingerprint density at radius 1 is 1.11 bits per heavy atom. The second-order valence-electron chi connectivity index (χ2n) is 6.96. The third kappa shape index (κ3) is 4.26. The van der Waals surface area contributed by atoms with Gasteiger partial charge < -0.3 is 9.80 Å². The van der Waals surface area contributed by atoms with Gasteiger partial charge in [-0.3, -0.25) is 19.8 Å². The van der Waals surface area contributed by atoms with Crippen LogP contribution >= 0.6 is 11.6 Å². The van der Waals surface area contributed by atoms with E-state index in [2.05, 4.69) is 4.90 Å². The molecule has 1 saturated heterocycles. The van der Waals surface area contributed by atoms with Crippen LogP contribution in [0.4, 0.5) is 11.4 Å². The number of likely N-dealkylation sites (N-methyl/N-ethyl adjacent to an activating group) is 1. The lowest BCUT2D eigenvalue weighted by molar-refractivity contribution is -0.384. The Bertz CT molecular complexity index is 852. The molecule has 2 aromatic carbocycles. The number of rotatable bonds is 5. The number of halogens is 1. The average molecular weight is 403 g/mol. The van der Waals surface area contributed by atoms with Crippen LogP contribution in [0.2, 0.25) is 5.02 Å². The number of amides is 1. The zero-order valence-electron chi connectivity index (χ0n) is 15.9. The van der Waals surface area contributed by atoms with Crippen LogP contribution in [0.15, 0.2) is 48.5 Å². The van der Waals surface area contributed by atoms with Crippen LogP contribution in [0.25, 0.3) is 0 Å². The molecule has 0 aliphatic carbocycles. The van der Waals surface area contributed by atoms with E-state index in [0.717, 1.165) is 5.56 Å². The van der Waals surface area contributed by atoms with Gasteiger partial charge in [-0.1, -0.05) is 41.9 Å². The SMILES string of the molecule is CN(C)C(=O)[C@H](c1ccccc1)N1CCN(c2ccc(Cl)cc2[N+](=O)[O-])CC1. The Balaban J connectivity index is 1.80. The molecule has 8 heteroatoms. The van der Waals surface area contributed by atoms with Gasteiger partial charge in [0.25, 0.3) is 5.69 Å². The second-order valence-corrected chi connectivity index (χ2v) is 7.40. The molecule has 2 aromatic rings. The molecule has 0 N–H and O–H groups in total. The van der Waals surface area contributed by atoms with Crippen molar-refractivity contribution >= 4 is 28.9 Å². The Kier molecular flexibility index (Phi) is 6.16. The first-order valence-corrected chi connectivity index (χ1v) is 9.45. The largest absolute Gasteiger partial charge is 0.363 e. The molecule has 0 bridgehead atoms. The summed E-state index contributed by atoms with van der Waals surface area (Å²) in [6.07, 6.45) is 0. The van der Waals surface area contributed by atoms with E-state index in [1.165, 1.54) is 6.07 Å². The third-order valence-corrected chi connectivity index (χ3v) is 5.18. The van der Waals surface area contributed by atoms with Crippen LogP contribution in [-0.2, 0) is 4.79 Å². The van der Waals surface area contributed by atoms with Crippen LogP contribution < -0.4 is 4.90 Å². The molecule has 28 heavy (non-hydrogen) atoms. The number of hydrogen-bond donors (Lipinski definition) is 0. The van der Waals surface area contributed by atoms with Crippen molar-refractivity contribution in [3.05, 3.63) is 69.2 Å². The van der Waals surface area contributed by atoms with Crippen LogP contribution in [0.1, 0.15) is 11.6 Å². The van der Waals surface area contributed by atoms with Gasteiger partial charge in [-0.15, -0.1) is 0 Å². The zero-order chi connectivity index (χ0) is 20.3. The Morgan fingerprint density at radius 3 is 2.32 bits per heavy atom. The summed E-state index contributed by atoms with van der Waals surface area (Å²) < 4.78 is 0. The first-order chi connectivity index (χ1) is 13.4. The molecule has 0 spiro atoms. The number of carbonyl (C=O) groups is 1. The quantitative estimate of drug-likeness (QED) is 0.567. The summed E-state index contributed by atoms with van der Waals surface area (Å²) in [5.41, 5.74) is 1.52. The fraction of sp³-hybridized carbons (Fsp3) is 0.350. The van der Waals surface area contributed by atoms with Crippen LogP contribution in [0, 0.1) is 10.1 Å². The lowest BCUT2D eigenvalue weighted by Gasteiger charge is -2.40. The summed E-state index contributed by atoms with van der Waals surface area (Å²) >= 11 is 5.92. The summed E-state index contributed by atoms with van der Waals surface area (Å²) in [5, 5.41) is 11.7. The molecule has 3 rings (SSSR count). The minimum absolute atomic E-state index is 0.00456. The standard InChI is InChI=1S/C20H23ClN4O3/c1-22(2)20(26)19(15-6-4-3-5-7-15)24-12-10-23(11-13-24)17-9-8-16(21)14-18(17)25(27)28/h3-9,14,19H,10-13H2,1-2H3/t19-/m0/s1. The van der Waals surface area contributed by atoms with E-state index >= 15 is 0 Å². The Morgan fingerprint density at radius 2 is 1.75 bits per heavy atom. The summed E-state index contributed by atoms with van der Waals surface area (Å²) in [5.74, 6) is 0.0251. The first kappa shape index (κ1) is 20.1. The number of hydrogen-bond acceptors (Lipinski definition) is 5. The van der Waals surface area contributed by atoms with Gasteiger partial charge in [0.2, 0.25) is 5.91 Å². The summed E-state index contributed by atoms with van der Waals surface area (Å²) in [4.78, 5) is 29.6. The highest BCUT2D eigenvalue weighted by molar-refractivity contribution is 6.30. The van der Waals surface area contributed by atoms with Gasteiger partial charge in [0, 0.05) is 51.4 Å². The molecule has 148 valence electrons. The summed E-state index contributed by atoms with van der Waals surface area (Å²) in [7, 11) is 3.51. The van der Waals surface area contributed by atoms with Gasteiger partial charge in [0.1, 0.15) is 11.7 Å². The smallest absolute Gasteiger partial charge is 0.294 e. The van der Waals surface area contributed by atoms with Crippen LogP contribution in [-0.4, -0.2) is 60.9 Å². The highest BCUT2D eigenvalue weighted by Gasteiger charge is 2.32. The second kappa shape index (κ2) is 8.58. The molecule has 0 aromatic heterocycles. The van der Waals surface area contributed by atoms with Gasteiger partial charge in [-0.25, -0.2) is 0 Å². The molecule has 1 atom stereocenters. The van der Waals surface area contributed by atoms with Gasteiger partial charge in [-0.2, -0.15) is 0 Å². The highest BCUT2D eigenvalue weighted by Crippen LogP contribution is 2.33. The normalized spacial score (nSPS) is 15.9. The maximum absolute atomic E-state index is 12.8. The lowest BCUT2D eigenvalue weighted by Crippen LogP contribution is -2.51. The van der Waals surface area contributed by atoms with Crippen LogP contribution in [0.3, 0.4) is 0 Å². The van der Waals surface area contributed by atoms with Crippen molar-refractivity contribution in [2.45, 2.75) is 6.04 Å². The molecular weight excluding hydrogens is 380 g/mol. The van der Waals surface area contributed by atoms with Crippen molar-refractivity contribution in [3.63, 3.8) is 0 Å². The van der Waals surface area contributed by atoms with E-state index in [0.29, 0.717) is 36.9 Å². The van der Waals surface area contributed by atoms with E-state index in [1.54, 1.807) is 31.1 Å². The van der Waals surface area contributed by atoms with Crippen molar-refractivity contribution in [2.75, 3.05) is 45.2 Å². The fourth-order valence-corrected chi connectivity index (χ4v) is 3.69. The number of anilines is 1. The number of piperazine rings is 1. The molecule has 1 amide bonds. The van der Waals surface area contributed by atoms with Crippen LogP contribution in [0.5, 0.6) is 0 Å². The van der Waals surface area contributed by atoms with Gasteiger partial charge in [0.15, 0.2) is 0 Å². The van der Waals surface area contributed by atoms with Gasteiger partial charge >= 0.3 is 0 Å². The maximum Gasteiger partial charge on any atom is 0.294 e. The Labute approximate surface area is 169 Å². The lowest BCUT2D eigenvalue weighted by atomic mass is 10.0. The number of nitro groups is 1. The number of nitro benzene ring substituents is 1. The van der Waals surface area contributed by atoms with Gasteiger partial charge in [0.05, 0.1) is 4.92 Å². The minimum Gasteiger partial charge on any atom is -0.363 e. The molecule has 1 heterocycles. The summed E-state index contributed by atoms with van der Waals surface area (Å²) in [6, 6.07) is 14.1. The topological polar surface area (TPSA) is 69.9 Å². The van der Waals surface area contributed by atoms with E-state index in [4.69, 9.17) is 11.6 Å². The molecular formula is C20H23ClN4O3.